The third-order valence-electron chi connectivity index (χ3n) is 1.77. The van der Waals surface area contributed by atoms with Gasteiger partial charge in [0.25, 0.3) is 0 Å². The summed E-state index contributed by atoms with van der Waals surface area (Å²) in [5.74, 6) is 0.665. The van der Waals surface area contributed by atoms with E-state index in [1.54, 1.807) is 7.11 Å². The maximum atomic E-state index is 5.01. The number of benzene rings is 1. The van der Waals surface area contributed by atoms with Crippen LogP contribution in [-0.4, -0.2) is 12.3 Å². The Kier molecular flexibility index (Phi) is 1.50. The lowest BCUT2D eigenvalue weighted by Crippen LogP contribution is -1.81. The minimum atomic E-state index is 0.645. The second-order valence-electron chi connectivity index (χ2n) is 2.54. The summed E-state index contributed by atoms with van der Waals surface area (Å²) in [5, 5.41) is 4.79. The summed E-state index contributed by atoms with van der Waals surface area (Å²) < 4.78 is 9.99. The van der Waals surface area contributed by atoms with Gasteiger partial charge in [0, 0.05) is 5.39 Å². The van der Waals surface area contributed by atoms with Gasteiger partial charge in [-0.15, -0.1) is 0 Å². The van der Waals surface area contributed by atoms with Gasteiger partial charge < -0.3 is 9.26 Å². The van der Waals surface area contributed by atoms with Crippen LogP contribution in [0, 0.1) is 13.0 Å². The quantitative estimate of drug-likeness (QED) is 0.642. The Balaban J connectivity index is 2.69. The number of hydrogen-bond acceptors (Lipinski definition) is 3. The van der Waals surface area contributed by atoms with E-state index in [1.807, 2.05) is 19.1 Å². The minimum Gasteiger partial charge on any atom is -0.496 e. The topological polar surface area (TPSA) is 35.3 Å². The first-order valence-electron chi connectivity index (χ1n) is 3.63. The van der Waals surface area contributed by atoms with E-state index < -0.39 is 0 Å². The predicted molar refractivity (Wildman–Crippen MR) is 44.1 cm³/mol. The van der Waals surface area contributed by atoms with Crippen molar-refractivity contribution in [3.8, 4) is 5.75 Å². The van der Waals surface area contributed by atoms with Crippen LogP contribution in [0.5, 0.6) is 5.75 Å². The molecule has 0 unspecified atom stereocenters. The zero-order chi connectivity index (χ0) is 8.55. The van der Waals surface area contributed by atoms with Crippen molar-refractivity contribution in [2.45, 2.75) is 6.92 Å². The van der Waals surface area contributed by atoms with Crippen molar-refractivity contribution in [2.75, 3.05) is 7.11 Å². The van der Waals surface area contributed by atoms with Gasteiger partial charge in [-0.1, -0.05) is 5.16 Å². The second kappa shape index (κ2) is 2.52. The Hall–Kier alpha value is -1.51. The maximum absolute atomic E-state index is 5.01. The Morgan fingerprint density at radius 2 is 2.33 bits per heavy atom. The van der Waals surface area contributed by atoms with E-state index in [2.05, 4.69) is 11.2 Å². The van der Waals surface area contributed by atoms with E-state index >= 15 is 0 Å². The molecule has 3 heteroatoms. The second-order valence-corrected chi connectivity index (χ2v) is 2.54. The Labute approximate surface area is 69.9 Å². The van der Waals surface area contributed by atoms with E-state index in [-0.39, 0.29) is 0 Å². The molecule has 0 aliphatic carbocycles. The maximum Gasteiger partial charge on any atom is 0.178 e. The molecule has 3 nitrogen and oxygen atoms in total. The highest BCUT2D eigenvalue weighted by atomic mass is 16.5. The molecule has 1 radical (unpaired) electrons. The molecule has 0 aliphatic rings. The van der Waals surface area contributed by atoms with Crippen molar-refractivity contribution in [1.29, 1.82) is 0 Å². The summed E-state index contributed by atoms with van der Waals surface area (Å²) in [6.07, 6.45) is 0. The molecule has 0 fully saturated rings. The summed E-state index contributed by atoms with van der Waals surface area (Å²) in [7, 11) is 1.60. The average molecular weight is 162 g/mol. The van der Waals surface area contributed by atoms with Gasteiger partial charge in [-0.3, -0.25) is 0 Å². The highest BCUT2D eigenvalue weighted by molar-refractivity contribution is 5.79. The number of fused-ring (bicyclic) bond motifs is 1. The number of methoxy groups -OCH3 is 1. The van der Waals surface area contributed by atoms with Crippen LogP contribution in [0.15, 0.2) is 16.7 Å². The number of aromatic nitrogens is 1. The number of nitrogens with zero attached hydrogens (tertiary/aromatic N) is 1. The Morgan fingerprint density at radius 1 is 1.50 bits per heavy atom. The normalized spacial score (nSPS) is 10.5. The fourth-order valence-corrected chi connectivity index (χ4v) is 1.09. The number of ether oxygens (including phenoxy) is 1. The van der Waals surface area contributed by atoms with Gasteiger partial charge in [0.2, 0.25) is 0 Å². The fraction of sp³-hybridized carbons (Fsp3) is 0.222. The van der Waals surface area contributed by atoms with Crippen LogP contribution in [0.2, 0.25) is 0 Å². The molecule has 2 rings (SSSR count). The zero-order valence-corrected chi connectivity index (χ0v) is 6.92. The molecule has 0 aliphatic heterocycles. The van der Waals surface area contributed by atoms with Crippen LogP contribution in [0.1, 0.15) is 5.69 Å². The molecular weight excluding hydrogens is 154 g/mol. The van der Waals surface area contributed by atoms with Crippen LogP contribution in [0.3, 0.4) is 0 Å². The molecule has 0 saturated heterocycles. The number of aryl methyl sites for hydroxylation is 1. The van der Waals surface area contributed by atoms with Gasteiger partial charge >= 0.3 is 0 Å². The average Bonchev–Trinajstić information content (AvgIpc) is 2.47. The molecule has 0 saturated carbocycles. The fourth-order valence-electron chi connectivity index (χ4n) is 1.09. The largest absolute Gasteiger partial charge is 0.496 e. The van der Waals surface area contributed by atoms with Crippen LogP contribution in [-0.2, 0) is 0 Å². The van der Waals surface area contributed by atoms with Crippen molar-refractivity contribution < 1.29 is 9.26 Å². The number of hydrogen-bond donors (Lipinski definition) is 0. The van der Waals surface area contributed by atoms with E-state index in [0.29, 0.717) is 11.3 Å². The minimum absolute atomic E-state index is 0.645. The lowest BCUT2D eigenvalue weighted by molar-refractivity contribution is 0.410. The molecule has 0 atom stereocenters. The molecule has 61 valence electrons. The Bertz CT molecular complexity index is 406. The lowest BCUT2D eigenvalue weighted by atomic mass is 10.2. The van der Waals surface area contributed by atoms with Crippen molar-refractivity contribution in [2.24, 2.45) is 0 Å². The molecule has 1 aromatic carbocycles. The van der Waals surface area contributed by atoms with Gasteiger partial charge in [0.15, 0.2) is 5.58 Å². The van der Waals surface area contributed by atoms with Crippen molar-refractivity contribution >= 4 is 11.0 Å². The van der Waals surface area contributed by atoms with Gasteiger partial charge in [-0.2, -0.15) is 0 Å². The van der Waals surface area contributed by atoms with Crippen molar-refractivity contribution in [3.05, 3.63) is 23.9 Å². The van der Waals surface area contributed by atoms with Crippen LogP contribution >= 0.6 is 0 Å². The molecule has 1 heterocycles. The first-order chi connectivity index (χ1) is 5.81. The van der Waals surface area contributed by atoms with Crippen molar-refractivity contribution in [1.82, 2.24) is 5.16 Å². The highest BCUT2D eigenvalue weighted by Gasteiger charge is 2.04. The van der Waals surface area contributed by atoms with Crippen LogP contribution in [0.25, 0.3) is 11.0 Å². The standard InChI is InChI=1S/C9H8NO2/c1-6-8-4-3-7(11-2)5-9(8)12-10-6/h3-4H,1-2H3. The predicted octanol–water partition coefficient (Wildman–Crippen LogP) is 1.95. The molecule has 1 aromatic heterocycles. The van der Waals surface area contributed by atoms with E-state index in [9.17, 15) is 0 Å². The number of rotatable bonds is 1. The lowest BCUT2D eigenvalue weighted by Gasteiger charge is -1.95. The SMILES string of the molecule is COc1[c]c2onc(C)c2cc1. The molecule has 0 N–H and O–H groups in total. The van der Waals surface area contributed by atoms with Gasteiger partial charge in [-0.25, -0.2) is 0 Å². The van der Waals surface area contributed by atoms with Crippen molar-refractivity contribution in [3.63, 3.8) is 0 Å². The molecular formula is C9H8NO2. The third-order valence-corrected chi connectivity index (χ3v) is 1.77. The molecule has 0 spiro atoms. The van der Waals surface area contributed by atoms with Crippen LogP contribution in [0.4, 0.5) is 0 Å². The summed E-state index contributed by atoms with van der Waals surface area (Å²) >= 11 is 0. The Morgan fingerprint density at radius 3 is 3.08 bits per heavy atom. The van der Waals surface area contributed by atoms with Crippen LogP contribution < -0.4 is 4.74 Å². The monoisotopic (exact) mass is 162 g/mol. The molecule has 0 amide bonds. The van der Waals surface area contributed by atoms with Gasteiger partial charge in [0.1, 0.15) is 5.75 Å². The third kappa shape index (κ3) is 0.942. The summed E-state index contributed by atoms with van der Waals surface area (Å²) in [6.45, 7) is 1.89. The smallest absolute Gasteiger partial charge is 0.178 e. The first-order valence-corrected chi connectivity index (χ1v) is 3.63. The highest BCUT2D eigenvalue weighted by Crippen LogP contribution is 2.21. The van der Waals surface area contributed by atoms with E-state index in [1.165, 1.54) is 0 Å². The first kappa shape index (κ1) is 7.16. The molecule has 0 bridgehead atoms. The molecule has 12 heavy (non-hydrogen) atoms. The van der Waals surface area contributed by atoms with E-state index in [4.69, 9.17) is 9.26 Å². The molecule has 2 aromatic rings. The summed E-state index contributed by atoms with van der Waals surface area (Å²) in [4.78, 5) is 0. The summed E-state index contributed by atoms with van der Waals surface area (Å²) in [5.41, 5.74) is 1.52. The zero-order valence-electron chi connectivity index (χ0n) is 6.92. The van der Waals surface area contributed by atoms with Gasteiger partial charge in [0.05, 0.1) is 18.9 Å². The van der Waals surface area contributed by atoms with E-state index in [0.717, 1.165) is 11.1 Å². The van der Waals surface area contributed by atoms with Gasteiger partial charge in [-0.05, 0) is 19.1 Å². The summed E-state index contributed by atoms with van der Waals surface area (Å²) in [6, 6.07) is 6.70.